The van der Waals surface area contributed by atoms with Gasteiger partial charge in [0, 0.05) is 18.5 Å². The average Bonchev–Trinajstić information content (AvgIpc) is 2.49. The molecule has 1 heterocycles. The number of hydrogen-bond donors (Lipinski definition) is 0. The minimum Gasteiger partial charge on any atom is -0.381 e. The second-order valence-electron chi connectivity index (χ2n) is 4.42. The van der Waals surface area contributed by atoms with E-state index in [1.54, 1.807) is 0 Å². The highest BCUT2D eigenvalue weighted by atomic mass is 79.9. The van der Waals surface area contributed by atoms with Crippen molar-refractivity contribution in [3.63, 3.8) is 0 Å². The third-order valence-electron chi connectivity index (χ3n) is 3.44. The van der Waals surface area contributed by atoms with Crippen LogP contribution in [-0.4, -0.2) is 18.5 Å². The highest BCUT2D eigenvalue weighted by molar-refractivity contribution is 9.09. The van der Waals surface area contributed by atoms with Gasteiger partial charge in [-0.05, 0) is 37.0 Å². The lowest BCUT2D eigenvalue weighted by atomic mass is 9.65. The molecule has 0 N–H and O–H groups in total. The van der Waals surface area contributed by atoms with E-state index < -0.39 is 0 Å². The quantitative estimate of drug-likeness (QED) is 0.681. The van der Waals surface area contributed by atoms with Gasteiger partial charge in [-0.1, -0.05) is 22.4 Å². The molecule has 1 saturated carbocycles. The van der Waals surface area contributed by atoms with Crippen LogP contribution in [0.4, 0.5) is 0 Å². The van der Waals surface area contributed by atoms with E-state index in [1.165, 1.54) is 37.4 Å². The first-order valence-corrected chi connectivity index (χ1v) is 6.11. The van der Waals surface area contributed by atoms with Crippen LogP contribution in [0.5, 0.6) is 0 Å². The van der Waals surface area contributed by atoms with Crippen LogP contribution in [0.3, 0.4) is 0 Å². The Hall–Kier alpha value is 0.440. The third-order valence-corrected chi connectivity index (χ3v) is 4.63. The van der Waals surface area contributed by atoms with Gasteiger partial charge in [0.25, 0.3) is 0 Å². The van der Waals surface area contributed by atoms with Crippen LogP contribution in [0.25, 0.3) is 0 Å². The fourth-order valence-corrected chi connectivity index (χ4v) is 3.22. The zero-order valence-electron chi connectivity index (χ0n) is 7.52. The van der Waals surface area contributed by atoms with Gasteiger partial charge in [0.05, 0.1) is 0 Å². The maximum absolute atomic E-state index is 5.40. The van der Waals surface area contributed by atoms with Gasteiger partial charge in [-0.3, -0.25) is 0 Å². The number of hydrogen-bond acceptors (Lipinski definition) is 1. The lowest BCUT2D eigenvalue weighted by molar-refractivity contribution is 0.112. The van der Waals surface area contributed by atoms with Gasteiger partial charge < -0.3 is 4.74 Å². The molecular formula is C10H17BrO. The van der Waals surface area contributed by atoms with Crippen LogP contribution in [0, 0.1) is 11.3 Å². The zero-order chi connectivity index (χ0) is 8.44. The highest BCUT2D eigenvalue weighted by Crippen LogP contribution is 2.48. The molecule has 0 aromatic carbocycles. The van der Waals surface area contributed by atoms with Gasteiger partial charge in [-0.2, -0.15) is 0 Å². The van der Waals surface area contributed by atoms with Crippen molar-refractivity contribution in [2.75, 3.05) is 18.5 Å². The Balaban J connectivity index is 1.83. The molecule has 1 atom stereocenters. The molecule has 1 nitrogen and oxygen atoms in total. The summed E-state index contributed by atoms with van der Waals surface area (Å²) in [5.41, 5.74) is 0.665. The van der Waals surface area contributed by atoms with E-state index in [0.717, 1.165) is 19.1 Å². The molecule has 12 heavy (non-hydrogen) atoms. The lowest BCUT2D eigenvalue weighted by Crippen LogP contribution is -2.33. The summed E-state index contributed by atoms with van der Waals surface area (Å²) in [5, 5.41) is 1.20. The fraction of sp³-hybridized carbons (Fsp3) is 1.00. The summed E-state index contributed by atoms with van der Waals surface area (Å²) in [5.74, 6) is 0.864. The third kappa shape index (κ3) is 1.69. The largest absolute Gasteiger partial charge is 0.381 e. The minimum absolute atomic E-state index is 0.665. The van der Waals surface area contributed by atoms with Gasteiger partial charge >= 0.3 is 0 Å². The maximum Gasteiger partial charge on any atom is 0.0495 e. The van der Waals surface area contributed by atoms with Crippen molar-refractivity contribution in [3.8, 4) is 0 Å². The van der Waals surface area contributed by atoms with Crippen molar-refractivity contribution in [2.24, 2.45) is 11.3 Å². The molecule has 2 fully saturated rings. The Morgan fingerprint density at radius 1 is 1.42 bits per heavy atom. The van der Waals surface area contributed by atoms with Crippen LogP contribution < -0.4 is 0 Å². The monoisotopic (exact) mass is 232 g/mol. The van der Waals surface area contributed by atoms with E-state index >= 15 is 0 Å². The molecule has 1 aliphatic heterocycles. The summed E-state index contributed by atoms with van der Waals surface area (Å²) in [6.45, 7) is 2.03. The fourth-order valence-electron chi connectivity index (χ4n) is 2.43. The van der Waals surface area contributed by atoms with Gasteiger partial charge in [0.15, 0.2) is 0 Å². The molecule has 70 valence electrons. The van der Waals surface area contributed by atoms with Crippen molar-refractivity contribution in [1.82, 2.24) is 0 Å². The van der Waals surface area contributed by atoms with E-state index in [1.807, 2.05) is 0 Å². The molecule has 1 aliphatic carbocycles. The van der Waals surface area contributed by atoms with Gasteiger partial charge in [0.1, 0.15) is 0 Å². The summed E-state index contributed by atoms with van der Waals surface area (Å²) in [6.07, 6.45) is 7.02. The summed E-state index contributed by atoms with van der Waals surface area (Å²) in [7, 11) is 0. The van der Waals surface area contributed by atoms with Crippen molar-refractivity contribution >= 4 is 15.9 Å². The Morgan fingerprint density at radius 3 is 2.67 bits per heavy atom. The predicted molar refractivity (Wildman–Crippen MR) is 53.6 cm³/mol. The smallest absolute Gasteiger partial charge is 0.0495 e. The Labute approximate surface area is 83.0 Å². The molecule has 0 bridgehead atoms. The summed E-state index contributed by atoms with van der Waals surface area (Å²) >= 11 is 3.65. The summed E-state index contributed by atoms with van der Waals surface area (Å²) < 4.78 is 5.40. The molecule has 0 aromatic heterocycles. The maximum atomic E-state index is 5.40. The molecule has 2 rings (SSSR count). The predicted octanol–water partition coefficient (Wildman–Crippen LogP) is 2.98. The van der Waals surface area contributed by atoms with E-state index in [2.05, 4.69) is 15.9 Å². The second-order valence-corrected chi connectivity index (χ2v) is 4.98. The SMILES string of the molecule is BrCC1(CC2CCOC2)CCC1. The Morgan fingerprint density at radius 2 is 2.25 bits per heavy atom. The van der Waals surface area contributed by atoms with Crippen molar-refractivity contribution in [1.29, 1.82) is 0 Å². The van der Waals surface area contributed by atoms with Crippen LogP contribution in [0.15, 0.2) is 0 Å². The number of halogens is 1. The van der Waals surface area contributed by atoms with Crippen LogP contribution in [0.1, 0.15) is 32.1 Å². The van der Waals surface area contributed by atoms with Gasteiger partial charge in [0.2, 0.25) is 0 Å². The zero-order valence-corrected chi connectivity index (χ0v) is 9.11. The van der Waals surface area contributed by atoms with E-state index in [9.17, 15) is 0 Å². The molecule has 2 aliphatic rings. The molecule has 1 unspecified atom stereocenters. The molecule has 2 heteroatoms. The van der Waals surface area contributed by atoms with E-state index in [0.29, 0.717) is 5.41 Å². The van der Waals surface area contributed by atoms with Crippen molar-refractivity contribution in [3.05, 3.63) is 0 Å². The first kappa shape index (κ1) is 9.01. The lowest BCUT2D eigenvalue weighted by Gasteiger charge is -2.42. The van der Waals surface area contributed by atoms with Crippen molar-refractivity contribution in [2.45, 2.75) is 32.1 Å². The standard InChI is InChI=1S/C10H17BrO/c11-8-10(3-1-4-10)6-9-2-5-12-7-9/h9H,1-8H2. The molecule has 0 spiro atoms. The first-order valence-electron chi connectivity index (χ1n) is 4.98. The van der Waals surface area contributed by atoms with Gasteiger partial charge in [-0.25, -0.2) is 0 Å². The molecule has 0 radical (unpaired) electrons. The first-order chi connectivity index (χ1) is 5.85. The highest BCUT2D eigenvalue weighted by Gasteiger charge is 2.38. The molecule has 1 saturated heterocycles. The Kier molecular flexibility index (Phi) is 2.75. The summed E-state index contributed by atoms with van der Waals surface area (Å²) in [6, 6.07) is 0. The van der Waals surface area contributed by atoms with Crippen molar-refractivity contribution < 1.29 is 4.74 Å². The van der Waals surface area contributed by atoms with E-state index in [-0.39, 0.29) is 0 Å². The minimum atomic E-state index is 0.665. The second kappa shape index (κ2) is 3.67. The Bertz CT molecular complexity index is 142. The topological polar surface area (TPSA) is 9.23 Å². The molecular weight excluding hydrogens is 216 g/mol. The number of alkyl halides is 1. The molecule has 0 aromatic rings. The van der Waals surface area contributed by atoms with E-state index in [4.69, 9.17) is 4.74 Å². The number of rotatable bonds is 3. The van der Waals surface area contributed by atoms with Crippen LogP contribution >= 0.6 is 15.9 Å². The van der Waals surface area contributed by atoms with Crippen LogP contribution in [-0.2, 0) is 4.74 Å². The molecule has 0 amide bonds. The summed E-state index contributed by atoms with van der Waals surface area (Å²) in [4.78, 5) is 0. The average molecular weight is 233 g/mol. The normalized spacial score (nSPS) is 33.2. The van der Waals surface area contributed by atoms with Gasteiger partial charge in [-0.15, -0.1) is 0 Å². The van der Waals surface area contributed by atoms with Crippen LogP contribution in [0.2, 0.25) is 0 Å². The number of ether oxygens (including phenoxy) is 1.